The van der Waals surface area contributed by atoms with E-state index in [0.29, 0.717) is 5.92 Å². The molecular formula is C30H40N2O2. The van der Waals surface area contributed by atoms with Crippen LogP contribution in [-0.4, -0.2) is 40.8 Å². The summed E-state index contributed by atoms with van der Waals surface area (Å²) in [7, 11) is 0. The average Bonchev–Trinajstić information content (AvgIpc) is 3.27. The molecule has 2 aliphatic carbocycles. The van der Waals surface area contributed by atoms with Gasteiger partial charge in [0.1, 0.15) is 5.76 Å². The molecule has 2 fully saturated rings. The van der Waals surface area contributed by atoms with Gasteiger partial charge in [0, 0.05) is 31.1 Å². The number of likely N-dealkylation sites (tertiary alicyclic amines) is 1. The lowest BCUT2D eigenvalue weighted by atomic mass is 9.77. The number of aliphatic hydroxyl groups is 1. The minimum atomic E-state index is -0.125. The number of hydrogen-bond donors (Lipinski definition) is 1. The first kappa shape index (κ1) is 23.6. The summed E-state index contributed by atoms with van der Waals surface area (Å²) >= 11 is 0. The zero-order valence-corrected chi connectivity index (χ0v) is 20.6. The maximum absolute atomic E-state index is 10.6. The van der Waals surface area contributed by atoms with Crippen molar-refractivity contribution in [1.29, 1.82) is 0 Å². The summed E-state index contributed by atoms with van der Waals surface area (Å²) < 4.78 is 6.26. The summed E-state index contributed by atoms with van der Waals surface area (Å²) in [5, 5.41) is 10.6. The van der Waals surface area contributed by atoms with Gasteiger partial charge in [-0.25, -0.2) is 0 Å². The molecule has 1 saturated heterocycles. The number of pyridine rings is 1. The van der Waals surface area contributed by atoms with Crippen LogP contribution in [0.25, 0.3) is 0 Å². The van der Waals surface area contributed by atoms with Crippen molar-refractivity contribution in [2.75, 3.05) is 19.7 Å². The quantitative estimate of drug-likeness (QED) is 0.327. The SMILES string of the molecule is C=C(O)C(c1ccccc1C1CCC1)N1CC[C@@H](OCCCCc2ccc3c(n2)CCCC3)C1. The summed E-state index contributed by atoms with van der Waals surface area (Å²) in [5.74, 6) is 0.891. The molecule has 3 aliphatic rings. The normalized spacial score (nSPS) is 21.7. The molecule has 1 aromatic heterocycles. The van der Waals surface area contributed by atoms with Gasteiger partial charge in [0.2, 0.25) is 0 Å². The summed E-state index contributed by atoms with van der Waals surface area (Å²) in [5.41, 5.74) is 6.67. The Labute approximate surface area is 205 Å². The molecule has 2 atom stereocenters. The van der Waals surface area contributed by atoms with Gasteiger partial charge in [-0.15, -0.1) is 0 Å². The largest absolute Gasteiger partial charge is 0.511 e. The molecule has 34 heavy (non-hydrogen) atoms. The van der Waals surface area contributed by atoms with E-state index in [4.69, 9.17) is 9.72 Å². The van der Waals surface area contributed by atoms with Gasteiger partial charge in [-0.05, 0) is 92.9 Å². The van der Waals surface area contributed by atoms with E-state index in [-0.39, 0.29) is 17.9 Å². The Morgan fingerprint density at radius 3 is 2.74 bits per heavy atom. The molecule has 0 radical (unpaired) electrons. The van der Waals surface area contributed by atoms with Crippen molar-refractivity contribution in [2.45, 2.75) is 88.7 Å². The van der Waals surface area contributed by atoms with Gasteiger partial charge in [-0.2, -0.15) is 0 Å². The van der Waals surface area contributed by atoms with E-state index in [9.17, 15) is 5.11 Å². The molecule has 4 heteroatoms. The van der Waals surface area contributed by atoms with Gasteiger partial charge < -0.3 is 9.84 Å². The summed E-state index contributed by atoms with van der Waals surface area (Å²) in [4.78, 5) is 7.28. The van der Waals surface area contributed by atoms with E-state index in [2.05, 4.69) is 47.9 Å². The topological polar surface area (TPSA) is 45.6 Å². The van der Waals surface area contributed by atoms with Gasteiger partial charge in [0.15, 0.2) is 0 Å². The van der Waals surface area contributed by atoms with Crippen LogP contribution >= 0.6 is 0 Å². The molecule has 182 valence electrons. The highest BCUT2D eigenvalue weighted by Gasteiger charge is 2.34. The van der Waals surface area contributed by atoms with Gasteiger partial charge in [-0.1, -0.05) is 43.3 Å². The zero-order valence-electron chi connectivity index (χ0n) is 20.6. The van der Waals surface area contributed by atoms with Crippen LogP contribution < -0.4 is 0 Å². The highest BCUT2D eigenvalue weighted by Crippen LogP contribution is 2.42. The van der Waals surface area contributed by atoms with Gasteiger partial charge in [0.05, 0.1) is 12.1 Å². The van der Waals surface area contributed by atoms with Crippen molar-refractivity contribution in [3.8, 4) is 0 Å². The number of aromatic nitrogens is 1. The maximum Gasteiger partial charge on any atom is 0.107 e. The van der Waals surface area contributed by atoms with Crippen molar-refractivity contribution in [2.24, 2.45) is 0 Å². The smallest absolute Gasteiger partial charge is 0.107 e. The zero-order chi connectivity index (χ0) is 23.3. The molecule has 0 spiro atoms. The molecule has 1 aromatic carbocycles. The Bertz CT molecular complexity index is 984. The fourth-order valence-corrected chi connectivity index (χ4v) is 5.99. The van der Waals surface area contributed by atoms with Crippen LogP contribution in [0.4, 0.5) is 0 Å². The molecule has 5 rings (SSSR count). The van der Waals surface area contributed by atoms with Crippen molar-refractivity contribution in [3.63, 3.8) is 0 Å². The number of benzene rings is 1. The van der Waals surface area contributed by atoms with Crippen LogP contribution in [-0.2, 0) is 24.0 Å². The fourth-order valence-electron chi connectivity index (χ4n) is 5.99. The standard InChI is InChI=1S/C30H40N2O2/c1-22(33)30(28-14-4-3-13-27(28)23-10-8-11-23)32-19-18-26(21-32)34-20-7-6-12-25-17-16-24-9-2-5-15-29(24)31-25/h3-4,13-14,16-17,23,26,30,33H,1-2,5-12,15,18-21H2/t26-,30?/m1/s1. The molecule has 0 bridgehead atoms. The first-order valence-electron chi connectivity index (χ1n) is 13.5. The number of aryl methyl sites for hydroxylation is 3. The van der Waals surface area contributed by atoms with Crippen molar-refractivity contribution in [3.05, 3.63) is 76.8 Å². The van der Waals surface area contributed by atoms with Crippen LogP contribution in [0.1, 0.15) is 91.4 Å². The maximum atomic E-state index is 10.6. The molecule has 2 heterocycles. The van der Waals surface area contributed by atoms with Crippen LogP contribution in [0.2, 0.25) is 0 Å². The first-order valence-corrected chi connectivity index (χ1v) is 13.5. The van der Waals surface area contributed by atoms with Crippen LogP contribution in [0.15, 0.2) is 48.7 Å². The molecule has 0 amide bonds. The van der Waals surface area contributed by atoms with Crippen LogP contribution in [0, 0.1) is 0 Å². The molecular weight excluding hydrogens is 420 g/mol. The van der Waals surface area contributed by atoms with E-state index >= 15 is 0 Å². The molecule has 1 saturated carbocycles. The van der Waals surface area contributed by atoms with E-state index in [1.54, 1.807) is 0 Å². The lowest BCUT2D eigenvalue weighted by molar-refractivity contribution is 0.0524. The highest BCUT2D eigenvalue weighted by atomic mass is 16.5. The minimum Gasteiger partial charge on any atom is -0.511 e. The van der Waals surface area contributed by atoms with Gasteiger partial charge >= 0.3 is 0 Å². The highest BCUT2D eigenvalue weighted by molar-refractivity contribution is 5.37. The van der Waals surface area contributed by atoms with E-state index in [1.807, 2.05) is 0 Å². The van der Waals surface area contributed by atoms with Gasteiger partial charge in [0.25, 0.3) is 0 Å². The number of fused-ring (bicyclic) bond motifs is 1. The second-order valence-corrected chi connectivity index (χ2v) is 10.5. The van der Waals surface area contributed by atoms with Crippen LogP contribution in [0.3, 0.4) is 0 Å². The lowest BCUT2D eigenvalue weighted by Gasteiger charge is -2.33. The Balaban J connectivity index is 1.09. The Kier molecular flexibility index (Phi) is 7.66. The summed E-state index contributed by atoms with van der Waals surface area (Å²) in [6, 6.07) is 13.1. The predicted molar refractivity (Wildman–Crippen MR) is 137 cm³/mol. The van der Waals surface area contributed by atoms with E-state index in [1.165, 1.54) is 66.6 Å². The molecule has 1 unspecified atom stereocenters. The third kappa shape index (κ3) is 5.39. The number of hydrogen-bond acceptors (Lipinski definition) is 4. The summed E-state index contributed by atoms with van der Waals surface area (Å²) in [6.45, 7) is 6.55. The Morgan fingerprint density at radius 2 is 1.91 bits per heavy atom. The number of nitrogens with zero attached hydrogens (tertiary/aromatic N) is 2. The Hall–Kier alpha value is -2.17. The number of ether oxygens (including phenoxy) is 1. The van der Waals surface area contributed by atoms with Crippen molar-refractivity contribution in [1.82, 2.24) is 9.88 Å². The number of aliphatic hydroxyl groups excluding tert-OH is 1. The average molecular weight is 461 g/mol. The Morgan fingerprint density at radius 1 is 1.06 bits per heavy atom. The molecule has 1 aliphatic heterocycles. The van der Waals surface area contributed by atoms with E-state index in [0.717, 1.165) is 51.8 Å². The summed E-state index contributed by atoms with van der Waals surface area (Å²) in [6.07, 6.45) is 13.2. The predicted octanol–water partition coefficient (Wildman–Crippen LogP) is 6.45. The molecule has 1 N–H and O–H groups in total. The lowest BCUT2D eigenvalue weighted by Crippen LogP contribution is -2.30. The second-order valence-electron chi connectivity index (χ2n) is 10.5. The second kappa shape index (κ2) is 11.0. The van der Waals surface area contributed by atoms with E-state index < -0.39 is 0 Å². The fraction of sp³-hybridized carbons (Fsp3) is 0.567. The van der Waals surface area contributed by atoms with Crippen LogP contribution in [0.5, 0.6) is 0 Å². The van der Waals surface area contributed by atoms with Crippen molar-refractivity contribution < 1.29 is 9.84 Å². The first-order chi connectivity index (χ1) is 16.7. The van der Waals surface area contributed by atoms with Crippen molar-refractivity contribution >= 4 is 0 Å². The monoisotopic (exact) mass is 460 g/mol. The molecule has 2 aromatic rings. The third-order valence-corrected chi connectivity index (χ3v) is 8.11. The third-order valence-electron chi connectivity index (χ3n) is 8.11. The minimum absolute atomic E-state index is 0.125. The van der Waals surface area contributed by atoms with Gasteiger partial charge in [-0.3, -0.25) is 9.88 Å². The number of unbranched alkanes of at least 4 members (excludes halogenated alkanes) is 1. The number of rotatable bonds is 10. The molecule has 4 nitrogen and oxygen atoms in total.